The third kappa shape index (κ3) is 17.6. The topological polar surface area (TPSA) is 68.3 Å². The van der Waals surface area contributed by atoms with E-state index in [1.165, 1.54) is 79.2 Å². The van der Waals surface area contributed by atoms with Gasteiger partial charge in [0.1, 0.15) is 0 Å². The van der Waals surface area contributed by atoms with E-state index >= 15 is 0 Å². The van der Waals surface area contributed by atoms with Crippen LogP contribution in [0.5, 0.6) is 0 Å². The van der Waals surface area contributed by atoms with Gasteiger partial charge in [-0.15, -0.1) is 0 Å². The number of hydrogen-bond donors (Lipinski definition) is 0. The van der Waals surface area contributed by atoms with Crippen molar-refractivity contribution in [2.24, 2.45) is 29.6 Å². The number of rotatable bonds is 13. The highest BCUT2D eigenvalue weighted by atomic mass is 32.2. The lowest BCUT2D eigenvalue weighted by atomic mass is 9.72. The number of hydrogen-bond acceptors (Lipinski definition) is 8. The summed E-state index contributed by atoms with van der Waals surface area (Å²) in [5.74, 6) is 6.55. The van der Waals surface area contributed by atoms with Crippen molar-refractivity contribution in [3.8, 4) is 0 Å². The third-order valence-electron chi connectivity index (χ3n) is 7.24. The smallest absolute Gasteiger partial charge is 0.185 e. The fourth-order valence-corrected chi connectivity index (χ4v) is 8.55. The van der Waals surface area contributed by atoms with Gasteiger partial charge in [-0.25, -0.2) is 0 Å². The molecule has 0 aromatic carbocycles. The molecule has 36 heavy (non-hydrogen) atoms. The SMILES string of the molecule is CCC1CC(CCSC(C)=O)CC(CCSC(C)=O)C[C@@H](CCSC(C)=O)CC(CCSC(C)=O)C1. The van der Waals surface area contributed by atoms with Gasteiger partial charge in [-0.05, 0) is 87.4 Å². The average molecular weight is 577 g/mol. The fraction of sp³-hybridized carbons (Fsp3) is 0.857. The molecular weight excluding hydrogens is 529 g/mol. The summed E-state index contributed by atoms with van der Waals surface area (Å²) >= 11 is 5.78. The predicted octanol–water partition coefficient (Wildman–Crippen LogP) is 8.12. The molecule has 4 nitrogen and oxygen atoms in total. The fourth-order valence-electron chi connectivity index (χ4n) is 5.59. The lowest BCUT2D eigenvalue weighted by Gasteiger charge is -2.35. The van der Waals surface area contributed by atoms with Gasteiger partial charge in [-0.3, -0.25) is 19.2 Å². The molecule has 4 unspecified atom stereocenters. The standard InChI is InChI=1S/C28H48O4S4/c1-6-24-15-25(7-11-33-20(2)29)17-27(9-13-35-22(4)31)19-28(10-14-36-23(5)32)18-26(16-24)8-12-34-21(3)30/h24-28H,6-19H2,1-5H3/t24?,25?,26?,27-,28?/m0/s1. The van der Waals surface area contributed by atoms with E-state index in [0.29, 0.717) is 29.6 Å². The van der Waals surface area contributed by atoms with Crippen LogP contribution >= 0.6 is 47.0 Å². The Balaban J connectivity index is 3.08. The summed E-state index contributed by atoms with van der Waals surface area (Å²) in [5, 5.41) is 0.769. The van der Waals surface area contributed by atoms with Gasteiger partial charge in [0, 0.05) is 50.7 Å². The Bertz CT molecular complexity index is 630. The first-order chi connectivity index (χ1) is 17.1. The van der Waals surface area contributed by atoms with E-state index in [1.807, 2.05) is 0 Å². The van der Waals surface area contributed by atoms with Crippen LogP contribution in [-0.4, -0.2) is 43.5 Å². The van der Waals surface area contributed by atoms with E-state index in [1.54, 1.807) is 27.7 Å². The van der Waals surface area contributed by atoms with Crippen LogP contribution in [0.1, 0.15) is 98.8 Å². The molecule has 0 bridgehead atoms. The lowest BCUT2D eigenvalue weighted by Crippen LogP contribution is -2.24. The molecule has 8 heteroatoms. The van der Waals surface area contributed by atoms with Crippen LogP contribution in [0.2, 0.25) is 0 Å². The van der Waals surface area contributed by atoms with Gasteiger partial charge in [0.25, 0.3) is 0 Å². The maximum atomic E-state index is 11.6. The molecule has 0 heterocycles. The average Bonchev–Trinajstić information content (AvgIpc) is 2.76. The molecular formula is C28H48O4S4. The Kier molecular flexibility index (Phi) is 19.0. The molecule has 208 valence electrons. The Morgan fingerprint density at radius 3 is 0.889 bits per heavy atom. The molecule has 0 N–H and O–H groups in total. The lowest BCUT2D eigenvalue weighted by molar-refractivity contribution is -0.109. The quantitative estimate of drug-likeness (QED) is 0.218. The second-order valence-electron chi connectivity index (χ2n) is 10.4. The maximum Gasteiger partial charge on any atom is 0.185 e. The molecule has 1 aliphatic rings. The van der Waals surface area contributed by atoms with Crippen LogP contribution in [0.15, 0.2) is 0 Å². The van der Waals surface area contributed by atoms with Crippen molar-refractivity contribution in [1.29, 1.82) is 0 Å². The van der Waals surface area contributed by atoms with E-state index in [9.17, 15) is 19.2 Å². The van der Waals surface area contributed by atoms with Gasteiger partial charge in [0.05, 0.1) is 0 Å². The molecule has 1 fully saturated rings. The highest BCUT2D eigenvalue weighted by Gasteiger charge is 2.28. The second kappa shape index (κ2) is 20.0. The Hall–Kier alpha value is 0.0800. The monoisotopic (exact) mass is 576 g/mol. The molecule has 0 saturated heterocycles. The van der Waals surface area contributed by atoms with Gasteiger partial charge in [0.2, 0.25) is 0 Å². The Labute approximate surface area is 237 Å². The first-order valence-electron chi connectivity index (χ1n) is 13.6. The van der Waals surface area contributed by atoms with Crippen molar-refractivity contribution in [3.63, 3.8) is 0 Å². The van der Waals surface area contributed by atoms with E-state index < -0.39 is 0 Å². The summed E-state index contributed by atoms with van der Waals surface area (Å²) in [6.07, 6.45) is 11.4. The molecule has 0 aromatic heterocycles. The predicted molar refractivity (Wildman–Crippen MR) is 162 cm³/mol. The second-order valence-corrected chi connectivity index (χ2v) is 15.5. The molecule has 0 radical (unpaired) electrons. The highest BCUT2D eigenvalue weighted by molar-refractivity contribution is 8.14. The van der Waals surface area contributed by atoms with Crippen molar-refractivity contribution in [3.05, 3.63) is 0 Å². The van der Waals surface area contributed by atoms with E-state index in [-0.39, 0.29) is 20.5 Å². The Morgan fingerprint density at radius 1 is 0.472 bits per heavy atom. The molecule has 0 spiro atoms. The van der Waals surface area contributed by atoms with Crippen LogP contribution in [0.3, 0.4) is 0 Å². The van der Waals surface area contributed by atoms with Crippen LogP contribution in [0, 0.1) is 29.6 Å². The summed E-state index contributed by atoms with van der Waals surface area (Å²) in [5.41, 5.74) is 0. The normalized spacial score (nSPS) is 25.3. The third-order valence-corrected chi connectivity index (χ3v) is 10.6. The minimum absolute atomic E-state index is 0.188. The van der Waals surface area contributed by atoms with E-state index in [2.05, 4.69) is 6.92 Å². The van der Waals surface area contributed by atoms with Crippen LogP contribution in [0.4, 0.5) is 0 Å². The van der Waals surface area contributed by atoms with Gasteiger partial charge in [0.15, 0.2) is 20.5 Å². The van der Waals surface area contributed by atoms with Crippen molar-refractivity contribution in [1.82, 2.24) is 0 Å². The zero-order valence-corrected chi connectivity index (χ0v) is 26.3. The van der Waals surface area contributed by atoms with E-state index in [4.69, 9.17) is 0 Å². The molecule has 1 saturated carbocycles. The zero-order chi connectivity index (χ0) is 26.9. The number of thioether (sulfide) groups is 4. The molecule has 0 aliphatic heterocycles. The van der Waals surface area contributed by atoms with Crippen molar-refractivity contribution < 1.29 is 19.2 Å². The highest BCUT2D eigenvalue weighted by Crippen LogP contribution is 2.40. The summed E-state index contributed by atoms with van der Waals surface area (Å²) in [7, 11) is 0. The van der Waals surface area contributed by atoms with Crippen LogP contribution in [-0.2, 0) is 19.2 Å². The molecule has 0 aromatic rings. The number of carbonyl (C=O) groups excluding carboxylic acids is 4. The summed E-state index contributed by atoms with van der Waals surface area (Å²) in [4.78, 5) is 46.3. The first-order valence-corrected chi connectivity index (χ1v) is 17.6. The molecule has 1 rings (SSSR count). The van der Waals surface area contributed by atoms with Gasteiger partial charge in [-0.2, -0.15) is 0 Å². The van der Waals surface area contributed by atoms with E-state index in [0.717, 1.165) is 55.1 Å². The van der Waals surface area contributed by atoms with Crippen LogP contribution < -0.4 is 0 Å². The molecule has 1 aliphatic carbocycles. The Morgan fingerprint density at radius 2 is 0.694 bits per heavy atom. The molecule has 0 amide bonds. The van der Waals surface area contributed by atoms with Crippen molar-refractivity contribution in [2.45, 2.75) is 98.8 Å². The maximum absolute atomic E-state index is 11.6. The molecule has 5 atom stereocenters. The van der Waals surface area contributed by atoms with Crippen LogP contribution in [0.25, 0.3) is 0 Å². The first kappa shape index (κ1) is 34.1. The number of carbonyl (C=O) groups is 4. The summed E-state index contributed by atoms with van der Waals surface area (Å²) < 4.78 is 0. The summed E-state index contributed by atoms with van der Waals surface area (Å²) in [6.45, 7) is 8.92. The largest absolute Gasteiger partial charge is 0.288 e. The van der Waals surface area contributed by atoms with Crippen molar-refractivity contribution >= 4 is 67.5 Å². The summed E-state index contributed by atoms with van der Waals surface area (Å²) in [6, 6.07) is 0. The van der Waals surface area contributed by atoms with Gasteiger partial charge in [-0.1, -0.05) is 60.4 Å². The van der Waals surface area contributed by atoms with Gasteiger partial charge >= 0.3 is 0 Å². The zero-order valence-electron chi connectivity index (χ0n) is 23.1. The minimum Gasteiger partial charge on any atom is -0.288 e. The minimum atomic E-state index is 0.188. The van der Waals surface area contributed by atoms with Crippen molar-refractivity contribution in [2.75, 3.05) is 23.0 Å². The van der Waals surface area contributed by atoms with Gasteiger partial charge < -0.3 is 0 Å².